The summed E-state index contributed by atoms with van der Waals surface area (Å²) in [6, 6.07) is 19.7. The number of nitrogens with zero attached hydrogens (tertiary/aromatic N) is 1. The number of nitriles is 1. The monoisotopic (exact) mass is 419 g/mol. The van der Waals surface area contributed by atoms with Gasteiger partial charge in [-0.2, -0.15) is 5.26 Å². The molecule has 3 aromatic carbocycles. The number of halogens is 1. The number of carbonyl (C=O) groups excluding carboxylic acids is 1. The van der Waals surface area contributed by atoms with Gasteiger partial charge >= 0.3 is 0 Å². The summed E-state index contributed by atoms with van der Waals surface area (Å²) >= 11 is 0. The molecule has 8 heteroatoms. The van der Waals surface area contributed by atoms with Crippen molar-refractivity contribution >= 4 is 32.8 Å². The van der Waals surface area contributed by atoms with Gasteiger partial charge in [0.05, 0.1) is 22.2 Å². The second-order valence-corrected chi connectivity index (χ2v) is 8.33. The summed E-state index contributed by atoms with van der Waals surface area (Å²) in [4.78, 5) is 12.5. The van der Waals surface area contributed by atoms with Crippen LogP contribution in [0.15, 0.2) is 82.6 Å². The molecular formula is C22H14FN3O3S. The van der Waals surface area contributed by atoms with E-state index in [-0.39, 0.29) is 16.3 Å². The lowest BCUT2D eigenvalue weighted by atomic mass is 10.1. The van der Waals surface area contributed by atoms with Gasteiger partial charge < -0.3 is 10.6 Å². The van der Waals surface area contributed by atoms with E-state index >= 15 is 0 Å². The third kappa shape index (κ3) is 3.43. The number of hydrogen-bond acceptors (Lipinski definition) is 5. The largest absolute Gasteiger partial charge is 0.354 e. The molecular weight excluding hydrogens is 405 g/mol. The van der Waals surface area contributed by atoms with Crippen LogP contribution in [0.4, 0.5) is 15.8 Å². The first-order valence-electron chi connectivity index (χ1n) is 8.83. The molecule has 0 spiro atoms. The molecule has 0 fully saturated rings. The third-order valence-corrected chi connectivity index (χ3v) is 6.40. The fraction of sp³-hybridized carbons (Fsp3) is 0. The van der Waals surface area contributed by atoms with Crippen molar-refractivity contribution < 1.29 is 17.6 Å². The Morgan fingerprint density at radius 2 is 1.53 bits per heavy atom. The van der Waals surface area contributed by atoms with Crippen LogP contribution >= 0.6 is 0 Å². The Balaban J connectivity index is 1.79. The maximum absolute atomic E-state index is 13.1. The van der Waals surface area contributed by atoms with Gasteiger partial charge in [0, 0.05) is 16.9 Å². The van der Waals surface area contributed by atoms with E-state index in [0.29, 0.717) is 16.8 Å². The summed E-state index contributed by atoms with van der Waals surface area (Å²) in [6.07, 6.45) is 0. The summed E-state index contributed by atoms with van der Waals surface area (Å²) in [5, 5.41) is 14.5. The number of rotatable bonds is 4. The first-order chi connectivity index (χ1) is 14.4. The standard InChI is InChI=1S/C22H14FN3O3S/c23-15-7-11-17(12-8-15)26-22(27)21-20(25-16-9-5-14(13-24)6-10-16)18-3-1-2-4-19(18)30(21,28)29/h1-12,25H,(H,26,27). The summed E-state index contributed by atoms with van der Waals surface area (Å²) in [6.45, 7) is 0. The van der Waals surface area contributed by atoms with Crippen molar-refractivity contribution in [2.45, 2.75) is 4.90 Å². The molecule has 1 aliphatic heterocycles. The van der Waals surface area contributed by atoms with E-state index < -0.39 is 26.5 Å². The zero-order chi connectivity index (χ0) is 21.3. The zero-order valence-corrected chi connectivity index (χ0v) is 16.2. The van der Waals surface area contributed by atoms with Gasteiger partial charge in [-0.1, -0.05) is 18.2 Å². The summed E-state index contributed by atoms with van der Waals surface area (Å²) in [5.41, 5.74) is 1.73. The van der Waals surface area contributed by atoms with Crippen LogP contribution in [0.2, 0.25) is 0 Å². The fourth-order valence-corrected chi connectivity index (χ4v) is 4.79. The van der Waals surface area contributed by atoms with Gasteiger partial charge in [-0.05, 0) is 54.6 Å². The number of fused-ring (bicyclic) bond motifs is 1. The molecule has 6 nitrogen and oxygen atoms in total. The Morgan fingerprint density at radius 3 is 2.20 bits per heavy atom. The van der Waals surface area contributed by atoms with E-state index in [2.05, 4.69) is 10.6 Å². The smallest absolute Gasteiger partial charge is 0.269 e. The predicted molar refractivity (Wildman–Crippen MR) is 110 cm³/mol. The van der Waals surface area contributed by atoms with E-state index in [1.165, 1.54) is 18.2 Å². The van der Waals surface area contributed by atoms with Crippen LogP contribution in [-0.4, -0.2) is 14.3 Å². The Morgan fingerprint density at radius 1 is 0.900 bits per heavy atom. The minimum absolute atomic E-state index is 0.0189. The SMILES string of the molecule is N#Cc1ccc(NC2=C(C(=O)Nc3ccc(F)cc3)S(=O)(=O)c3ccccc32)cc1. The molecule has 4 rings (SSSR count). The summed E-state index contributed by atoms with van der Waals surface area (Å²) in [7, 11) is -4.08. The molecule has 3 aromatic rings. The maximum atomic E-state index is 13.1. The van der Waals surface area contributed by atoms with Crippen LogP contribution in [0.25, 0.3) is 5.70 Å². The van der Waals surface area contributed by atoms with Crippen LogP contribution in [0.5, 0.6) is 0 Å². The van der Waals surface area contributed by atoms with Crippen molar-refractivity contribution in [1.82, 2.24) is 0 Å². The molecule has 30 heavy (non-hydrogen) atoms. The van der Waals surface area contributed by atoms with Gasteiger partial charge in [-0.15, -0.1) is 0 Å². The lowest BCUT2D eigenvalue weighted by molar-refractivity contribution is -0.112. The lowest BCUT2D eigenvalue weighted by Gasteiger charge is -2.11. The van der Waals surface area contributed by atoms with Gasteiger partial charge in [0.25, 0.3) is 5.91 Å². The Hall–Kier alpha value is -3.96. The van der Waals surface area contributed by atoms with Crippen LogP contribution < -0.4 is 10.6 Å². The van der Waals surface area contributed by atoms with E-state index in [0.717, 1.165) is 12.1 Å². The maximum Gasteiger partial charge on any atom is 0.269 e. The first-order valence-corrected chi connectivity index (χ1v) is 10.3. The highest BCUT2D eigenvalue weighted by Crippen LogP contribution is 2.40. The molecule has 148 valence electrons. The predicted octanol–water partition coefficient (Wildman–Crippen LogP) is 3.90. The highest BCUT2D eigenvalue weighted by Gasteiger charge is 2.40. The molecule has 2 N–H and O–H groups in total. The second kappa shape index (κ2) is 7.46. The molecule has 0 aliphatic carbocycles. The summed E-state index contributed by atoms with van der Waals surface area (Å²) < 4.78 is 39.4. The van der Waals surface area contributed by atoms with Gasteiger partial charge in [0.1, 0.15) is 5.82 Å². The van der Waals surface area contributed by atoms with Crippen molar-refractivity contribution in [3.05, 3.63) is 94.6 Å². The Labute approximate surface area is 172 Å². The minimum Gasteiger partial charge on any atom is -0.354 e. The fourth-order valence-electron chi connectivity index (χ4n) is 3.13. The lowest BCUT2D eigenvalue weighted by Crippen LogP contribution is -2.20. The molecule has 0 saturated heterocycles. The number of carbonyl (C=O) groups is 1. The minimum atomic E-state index is -4.08. The van der Waals surface area contributed by atoms with Crippen molar-refractivity contribution in [1.29, 1.82) is 5.26 Å². The number of nitrogens with one attached hydrogen (secondary N) is 2. The highest BCUT2D eigenvalue weighted by atomic mass is 32.2. The van der Waals surface area contributed by atoms with Crippen molar-refractivity contribution in [3.8, 4) is 6.07 Å². The van der Waals surface area contributed by atoms with Crippen molar-refractivity contribution in [3.63, 3.8) is 0 Å². The normalized spacial score (nSPS) is 14.0. The van der Waals surface area contributed by atoms with Gasteiger partial charge in [-0.3, -0.25) is 4.79 Å². The molecule has 0 saturated carbocycles. The Kier molecular flexibility index (Phi) is 4.82. The van der Waals surface area contributed by atoms with Gasteiger partial charge in [0.15, 0.2) is 4.91 Å². The topological polar surface area (TPSA) is 99.1 Å². The quantitative estimate of drug-likeness (QED) is 0.668. The molecule has 0 aromatic heterocycles. The van der Waals surface area contributed by atoms with Crippen molar-refractivity contribution in [2.75, 3.05) is 10.6 Å². The molecule has 0 radical (unpaired) electrons. The average molecular weight is 419 g/mol. The first kappa shape index (κ1) is 19.4. The molecule has 0 unspecified atom stereocenters. The van der Waals surface area contributed by atoms with Crippen LogP contribution in [0.1, 0.15) is 11.1 Å². The molecule has 1 heterocycles. The molecule has 1 amide bonds. The van der Waals surface area contributed by atoms with Gasteiger partial charge in [0.2, 0.25) is 9.84 Å². The van der Waals surface area contributed by atoms with E-state index in [1.807, 2.05) is 6.07 Å². The molecule has 0 atom stereocenters. The molecule has 1 aliphatic rings. The third-order valence-electron chi connectivity index (χ3n) is 4.53. The second-order valence-electron chi connectivity index (χ2n) is 6.48. The van der Waals surface area contributed by atoms with Crippen LogP contribution in [0.3, 0.4) is 0 Å². The Bertz CT molecular complexity index is 1320. The zero-order valence-electron chi connectivity index (χ0n) is 15.4. The average Bonchev–Trinajstić information content (AvgIpc) is 2.97. The number of anilines is 2. The number of sulfone groups is 1. The van der Waals surface area contributed by atoms with Crippen molar-refractivity contribution in [2.24, 2.45) is 0 Å². The van der Waals surface area contributed by atoms with Crippen LogP contribution in [-0.2, 0) is 14.6 Å². The number of hydrogen-bond donors (Lipinski definition) is 2. The number of benzene rings is 3. The van der Waals surface area contributed by atoms with E-state index in [4.69, 9.17) is 5.26 Å². The number of amides is 1. The van der Waals surface area contributed by atoms with Gasteiger partial charge in [-0.25, -0.2) is 12.8 Å². The molecule has 0 bridgehead atoms. The highest BCUT2D eigenvalue weighted by molar-refractivity contribution is 7.97. The van der Waals surface area contributed by atoms with E-state index in [1.54, 1.807) is 42.5 Å². The van der Waals surface area contributed by atoms with Crippen LogP contribution in [0, 0.1) is 17.1 Å². The van der Waals surface area contributed by atoms with E-state index in [9.17, 15) is 17.6 Å². The summed E-state index contributed by atoms with van der Waals surface area (Å²) in [5.74, 6) is -1.31.